The summed E-state index contributed by atoms with van der Waals surface area (Å²) in [6.45, 7) is 1.60. The average molecular weight is 375 g/mol. The Morgan fingerprint density at radius 2 is 2.17 bits per heavy atom. The first-order valence-corrected chi connectivity index (χ1v) is 7.93. The van der Waals surface area contributed by atoms with Crippen molar-refractivity contribution in [3.63, 3.8) is 0 Å². The lowest BCUT2D eigenvalue weighted by Gasteiger charge is -2.32. The molecule has 1 unspecified atom stereocenters. The minimum absolute atomic E-state index is 0. The number of halogens is 2. The Balaban J connectivity index is 0.00000132. The molecule has 0 bridgehead atoms. The molecular formula is C15H20Cl2N4OS. The maximum absolute atomic E-state index is 12.6. The first kappa shape index (κ1) is 19.8. The van der Waals surface area contributed by atoms with Gasteiger partial charge in [0.25, 0.3) is 5.91 Å². The van der Waals surface area contributed by atoms with Gasteiger partial charge in [0, 0.05) is 25.3 Å². The Kier molecular flexibility index (Phi) is 7.91. The Morgan fingerprint density at radius 3 is 2.87 bits per heavy atom. The SMILES string of the molecule is CNC1CCCN(C(=O)c2cnc(-c3ccccn3)s2)C1.Cl.Cl. The third-order valence-corrected chi connectivity index (χ3v) is 4.73. The molecule has 1 saturated heterocycles. The number of aromatic nitrogens is 2. The van der Waals surface area contributed by atoms with Crippen molar-refractivity contribution in [2.45, 2.75) is 18.9 Å². The number of amides is 1. The second-order valence-corrected chi connectivity index (χ2v) is 6.15. The highest BCUT2D eigenvalue weighted by molar-refractivity contribution is 7.16. The number of likely N-dealkylation sites (N-methyl/N-ethyl adjacent to an activating group) is 1. The zero-order valence-corrected chi connectivity index (χ0v) is 15.2. The lowest BCUT2D eigenvalue weighted by Crippen LogP contribution is -2.46. The highest BCUT2D eigenvalue weighted by Gasteiger charge is 2.25. The number of likely N-dealkylation sites (tertiary alicyclic amines) is 1. The summed E-state index contributed by atoms with van der Waals surface area (Å²) in [4.78, 5) is 23.8. The highest BCUT2D eigenvalue weighted by Crippen LogP contribution is 2.25. The number of piperidine rings is 1. The van der Waals surface area contributed by atoms with Crippen LogP contribution >= 0.6 is 36.2 Å². The van der Waals surface area contributed by atoms with Crippen LogP contribution in [0.15, 0.2) is 30.6 Å². The Morgan fingerprint density at radius 1 is 1.35 bits per heavy atom. The lowest BCUT2D eigenvalue weighted by atomic mass is 10.1. The average Bonchev–Trinajstić information content (AvgIpc) is 3.05. The molecule has 0 saturated carbocycles. The molecule has 2 aromatic heterocycles. The van der Waals surface area contributed by atoms with Gasteiger partial charge in [0.1, 0.15) is 9.88 Å². The van der Waals surface area contributed by atoms with Gasteiger partial charge in [-0.05, 0) is 32.0 Å². The molecule has 126 valence electrons. The van der Waals surface area contributed by atoms with Crippen LogP contribution < -0.4 is 5.32 Å². The lowest BCUT2D eigenvalue weighted by molar-refractivity contribution is 0.0703. The summed E-state index contributed by atoms with van der Waals surface area (Å²) in [6, 6.07) is 6.10. The van der Waals surface area contributed by atoms with Crippen LogP contribution in [0.25, 0.3) is 10.7 Å². The van der Waals surface area contributed by atoms with Crippen molar-refractivity contribution in [3.8, 4) is 10.7 Å². The Bertz CT molecular complexity index is 623. The number of carbonyl (C=O) groups excluding carboxylic acids is 1. The van der Waals surface area contributed by atoms with Gasteiger partial charge in [-0.3, -0.25) is 9.78 Å². The maximum atomic E-state index is 12.6. The second-order valence-electron chi connectivity index (χ2n) is 5.12. The largest absolute Gasteiger partial charge is 0.336 e. The van der Waals surface area contributed by atoms with Gasteiger partial charge >= 0.3 is 0 Å². The van der Waals surface area contributed by atoms with E-state index in [1.54, 1.807) is 12.4 Å². The van der Waals surface area contributed by atoms with Crippen LogP contribution in [0.3, 0.4) is 0 Å². The first-order chi connectivity index (χ1) is 10.3. The summed E-state index contributed by atoms with van der Waals surface area (Å²) in [5.74, 6) is 0.0784. The number of nitrogens with zero attached hydrogens (tertiary/aromatic N) is 3. The van der Waals surface area contributed by atoms with Crippen molar-refractivity contribution in [1.82, 2.24) is 20.2 Å². The van der Waals surface area contributed by atoms with E-state index in [2.05, 4.69) is 15.3 Å². The van der Waals surface area contributed by atoms with Gasteiger partial charge in [-0.25, -0.2) is 4.98 Å². The molecule has 1 aliphatic rings. The van der Waals surface area contributed by atoms with E-state index in [1.165, 1.54) is 11.3 Å². The standard InChI is InChI=1S/C15H18N4OS.2ClH/c1-16-11-5-4-8-19(10-11)15(20)13-9-18-14(21-13)12-6-2-3-7-17-12;;/h2-3,6-7,9,11,16H,4-5,8,10H2,1H3;2*1H. The number of hydrogen-bond acceptors (Lipinski definition) is 5. The van der Waals surface area contributed by atoms with E-state index in [4.69, 9.17) is 0 Å². The van der Waals surface area contributed by atoms with Crippen molar-refractivity contribution in [1.29, 1.82) is 0 Å². The monoisotopic (exact) mass is 374 g/mol. The van der Waals surface area contributed by atoms with Crippen LogP contribution in [0.1, 0.15) is 22.5 Å². The number of carbonyl (C=O) groups is 1. The molecule has 1 fully saturated rings. The summed E-state index contributed by atoms with van der Waals surface area (Å²) in [7, 11) is 1.95. The third-order valence-electron chi connectivity index (χ3n) is 3.72. The van der Waals surface area contributed by atoms with E-state index < -0.39 is 0 Å². The van der Waals surface area contributed by atoms with E-state index >= 15 is 0 Å². The van der Waals surface area contributed by atoms with Gasteiger partial charge in [0.05, 0.1) is 11.9 Å². The molecule has 0 spiro atoms. The zero-order valence-electron chi connectivity index (χ0n) is 12.8. The van der Waals surface area contributed by atoms with Gasteiger partial charge in [0.2, 0.25) is 0 Å². The van der Waals surface area contributed by atoms with Gasteiger partial charge in [-0.15, -0.1) is 36.2 Å². The van der Waals surface area contributed by atoms with Crippen LogP contribution in [-0.2, 0) is 0 Å². The number of pyridine rings is 1. The van der Waals surface area contributed by atoms with E-state index in [1.807, 2.05) is 30.1 Å². The zero-order chi connectivity index (χ0) is 14.7. The molecule has 3 heterocycles. The van der Waals surface area contributed by atoms with Crippen LogP contribution in [0.2, 0.25) is 0 Å². The van der Waals surface area contributed by atoms with Crippen molar-refractivity contribution in [2.75, 3.05) is 20.1 Å². The van der Waals surface area contributed by atoms with Crippen LogP contribution in [0, 0.1) is 0 Å². The number of rotatable bonds is 3. The second kappa shape index (κ2) is 9.17. The smallest absolute Gasteiger partial charge is 0.265 e. The molecule has 3 rings (SSSR count). The van der Waals surface area contributed by atoms with Gasteiger partial charge in [-0.2, -0.15) is 0 Å². The predicted octanol–water partition coefficient (Wildman–Crippen LogP) is 2.87. The molecule has 0 radical (unpaired) electrons. The van der Waals surface area contributed by atoms with Crippen molar-refractivity contribution >= 4 is 42.1 Å². The topological polar surface area (TPSA) is 58.1 Å². The first-order valence-electron chi connectivity index (χ1n) is 7.11. The molecule has 1 amide bonds. The fourth-order valence-electron chi connectivity index (χ4n) is 2.53. The Hall–Kier alpha value is -1.21. The predicted molar refractivity (Wildman–Crippen MR) is 97.8 cm³/mol. The molecule has 2 aromatic rings. The summed E-state index contributed by atoms with van der Waals surface area (Å²) in [5, 5.41) is 4.05. The summed E-state index contributed by atoms with van der Waals surface area (Å²) in [5.41, 5.74) is 0.813. The number of nitrogens with one attached hydrogen (secondary N) is 1. The van der Waals surface area contributed by atoms with Crippen LogP contribution in [-0.4, -0.2) is 47.0 Å². The van der Waals surface area contributed by atoms with Gasteiger partial charge < -0.3 is 10.2 Å². The summed E-state index contributed by atoms with van der Waals surface area (Å²) >= 11 is 1.41. The molecule has 8 heteroatoms. The molecule has 23 heavy (non-hydrogen) atoms. The quantitative estimate of drug-likeness (QED) is 0.896. The van der Waals surface area contributed by atoms with Crippen molar-refractivity contribution in [2.24, 2.45) is 0 Å². The number of thiazole rings is 1. The van der Waals surface area contributed by atoms with E-state index in [9.17, 15) is 4.79 Å². The van der Waals surface area contributed by atoms with Crippen LogP contribution in [0.4, 0.5) is 0 Å². The van der Waals surface area contributed by atoms with Gasteiger partial charge in [0.15, 0.2) is 0 Å². The molecule has 1 N–H and O–H groups in total. The molecule has 1 atom stereocenters. The fraction of sp³-hybridized carbons (Fsp3) is 0.400. The summed E-state index contributed by atoms with van der Waals surface area (Å²) < 4.78 is 0. The molecule has 0 aliphatic carbocycles. The van der Waals surface area contributed by atoms with E-state index in [0.29, 0.717) is 10.9 Å². The van der Waals surface area contributed by atoms with E-state index in [0.717, 1.165) is 36.6 Å². The molecule has 0 aromatic carbocycles. The Labute approximate surface area is 152 Å². The highest BCUT2D eigenvalue weighted by atomic mass is 35.5. The maximum Gasteiger partial charge on any atom is 0.265 e. The molecule has 5 nitrogen and oxygen atoms in total. The minimum atomic E-state index is 0. The normalized spacial score (nSPS) is 17.1. The number of hydrogen-bond donors (Lipinski definition) is 1. The van der Waals surface area contributed by atoms with Crippen molar-refractivity contribution < 1.29 is 4.79 Å². The third kappa shape index (κ3) is 4.64. The molecule has 1 aliphatic heterocycles. The van der Waals surface area contributed by atoms with Gasteiger partial charge in [-0.1, -0.05) is 6.07 Å². The molecular weight excluding hydrogens is 355 g/mol. The minimum Gasteiger partial charge on any atom is -0.336 e. The van der Waals surface area contributed by atoms with Crippen LogP contribution in [0.5, 0.6) is 0 Å². The fourth-order valence-corrected chi connectivity index (χ4v) is 3.39. The summed E-state index contributed by atoms with van der Waals surface area (Å²) in [6.07, 6.45) is 5.58. The van der Waals surface area contributed by atoms with Crippen molar-refractivity contribution in [3.05, 3.63) is 35.5 Å². The van der Waals surface area contributed by atoms with E-state index in [-0.39, 0.29) is 30.7 Å².